The Kier molecular flexibility index (Phi) is 5.09. The molecule has 1 aromatic heterocycles. The van der Waals surface area contributed by atoms with E-state index < -0.39 is 0 Å². The Balaban J connectivity index is 2.02. The molecular weight excluding hydrogens is 266 g/mol. The van der Waals surface area contributed by atoms with Gasteiger partial charge in [-0.25, -0.2) is 4.98 Å². The third kappa shape index (κ3) is 3.87. The van der Waals surface area contributed by atoms with Gasteiger partial charge in [-0.2, -0.15) is 0 Å². The van der Waals surface area contributed by atoms with E-state index in [4.69, 9.17) is 4.74 Å². The van der Waals surface area contributed by atoms with Crippen molar-refractivity contribution in [3.63, 3.8) is 0 Å². The zero-order valence-corrected chi connectivity index (χ0v) is 11.9. The van der Waals surface area contributed by atoms with E-state index in [1.165, 1.54) is 30.4 Å². The molecule has 0 spiro atoms. The number of aromatic nitrogens is 1. The third-order valence-corrected chi connectivity index (χ3v) is 4.44. The van der Waals surface area contributed by atoms with Crippen LogP contribution >= 0.6 is 11.3 Å². The van der Waals surface area contributed by atoms with Crippen molar-refractivity contribution < 1.29 is 9.66 Å². The highest BCUT2D eigenvalue weighted by molar-refractivity contribution is 7.18. The first-order chi connectivity index (χ1) is 9.20. The van der Waals surface area contributed by atoms with Crippen LogP contribution in [0.5, 0.6) is 0 Å². The molecule has 19 heavy (non-hydrogen) atoms. The van der Waals surface area contributed by atoms with E-state index in [2.05, 4.69) is 9.88 Å². The number of methoxy groups -OCH3 is 1. The molecule has 1 saturated heterocycles. The molecule has 6 nitrogen and oxygen atoms in total. The molecule has 0 unspecified atom stereocenters. The fourth-order valence-electron chi connectivity index (χ4n) is 2.41. The zero-order chi connectivity index (χ0) is 13.7. The van der Waals surface area contributed by atoms with Crippen molar-refractivity contribution in [3.8, 4) is 0 Å². The van der Waals surface area contributed by atoms with E-state index >= 15 is 0 Å². The van der Waals surface area contributed by atoms with Gasteiger partial charge < -0.3 is 9.64 Å². The first-order valence-corrected chi connectivity index (χ1v) is 7.36. The summed E-state index contributed by atoms with van der Waals surface area (Å²) in [6.07, 6.45) is 5.93. The van der Waals surface area contributed by atoms with Crippen LogP contribution in [-0.2, 0) is 4.74 Å². The lowest BCUT2D eigenvalue weighted by Gasteiger charge is -2.23. The van der Waals surface area contributed by atoms with Gasteiger partial charge in [0.2, 0.25) is 0 Å². The number of anilines is 1. The molecule has 0 aliphatic carbocycles. The lowest BCUT2D eigenvalue weighted by atomic mass is 10.0. The molecule has 2 heterocycles. The van der Waals surface area contributed by atoms with Gasteiger partial charge in [0.05, 0.1) is 4.92 Å². The minimum absolute atomic E-state index is 0.118. The molecule has 0 radical (unpaired) electrons. The zero-order valence-electron chi connectivity index (χ0n) is 11.1. The first-order valence-electron chi connectivity index (χ1n) is 6.55. The van der Waals surface area contributed by atoms with E-state index in [1.807, 2.05) is 0 Å². The Bertz CT molecular complexity index is 424. The topological polar surface area (TPSA) is 68.5 Å². The molecule has 2 rings (SSSR count). The number of thiazole rings is 1. The Morgan fingerprint density at radius 1 is 1.63 bits per heavy atom. The lowest BCUT2D eigenvalue weighted by molar-refractivity contribution is -0.380. The smallest absolute Gasteiger partial charge is 0.345 e. The second-order valence-corrected chi connectivity index (χ2v) is 5.82. The summed E-state index contributed by atoms with van der Waals surface area (Å²) in [6.45, 7) is 2.64. The molecular formula is C12H19N3O3S. The largest absolute Gasteiger partial charge is 0.385 e. The Hall–Kier alpha value is -1.21. The molecule has 1 fully saturated rings. The van der Waals surface area contributed by atoms with E-state index in [9.17, 15) is 10.1 Å². The summed E-state index contributed by atoms with van der Waals surface area (Å²) in [7, 11) is 1.72. The predicted molar refractivity (Wildman–Crippen MR) is 74.8 cm³/mol. The molecule has 106 valence electrons. The summed E-state index contributed by atoms with van der Waals surface area (Å²) in [5.41, 5.74) is 0. The van der Waals surface area contributed by atoms with E-state index in [0.29, 0.717) is 5.92 Å². The summed E-state index contributed by atoms with van der Waals surface area (Å²) >= 11 is 1.17. The normalized spacial score (nSPS) is 20.3. The number of ether oxygens (including phenoxy) is 1. The lowest BCUT2D eigenvalue weighted by Crippen LogP contribution is -2.28. The fourth-order valence-corrected chi connectivity index (χ4v) is 3.18. The van der Waals surface area contributed by atoms with Gasteiger partial charge in [0.1, 0.15) is 6.20 Å². The monoisotopic (exact) mass is 285 g/mol. The SMILES string of the molecule is COCC[C@@H]1CCCCN(c2ncc([N+](=O)[O-])s2)C1. The van der Waals surface area contributed by atoms with E-state index in [0.717, 1.165) is 37.7 Å². The molecule has 1 aliphatic rings. The van der Waals surface area contributed by atoms with Gasteiger partial charge in [-0.1, -0.05) is 6.42 Å². The highest BCUT2D eigenvalue weighted by Gasteiger charge is 2.22. The molecule has 1 atom stereocenters. The Labute approximate surface area is 116 Å². The van der Waals surface area contributed by atoms with Crippen LogP contribution in [0.15, 0.2) is 6.20 Å². The van der Waals surface area contributed by atoms with Crippen molar-refractivity contribution >= 4 is 21.5 Å². The van der Waals surface area contributed by atoms with Crippen molar-refractivity contribution in [3.05, 3.63) is 16.3 Å². The minimum atomic E-state index is -0.374. The maximum Gasteiger partial charge on any atom is 0.345 e. The average molecular weight is 285 g/mol. The Morgan fingerprint density at radius 2 is 2.47 bits per heavy atom. The maximum absolute atomic E-state index is 10.7. The van der Waals surface area contributed by atoms with Crippen molar-refractivity contribution in [1.82, 2.24) is 4.98 Å². The second-order valence-electron chi connectivity index (χ2n) is 4.83. The first kappa shape index (κ1) is 14.2. The molecule has 0 saturated carbocycles. The van der Waals surface area contributed by atoms with Crippen molar-refractivity contribution in [2.24, 2.45) is 5.92 Å². The highest BCUT2D eigenvalue weighted by Crippen LogP contribution is 2.31. The molecule has 1 aromatic rings. The fraction of sp³-hybridized carbons (Fsp3) is 0.750. The number of nitro groups is 1. The Morgan fingerprint density at radius 3 is 3.16 bits per heavy atom. The predicted octanol–water partition coefficient (Wildman–Crippen LogP) is 2.69. The van der Waals surface area contributed by atoms with Crippen LogP contribution in [0.2, 0.25) is 0 Å². The van der Waals surface area contributed by atoms with Gasteiger partial charge in [0, 0.05) is 26.8 Å². The summed E-state index contributed by atoms with van der Waals surface area (Å²) in [4.78, 5) is 16.7. The van der Waals surface area contributed by atoms with Gasteiger partial charge >= 0.3 is 5.00 Å². The second kappa shape index (κ2) is 6.81. The molecule has 1 aliphatic heterocycles. The quantitative estimate of drug-likeness (QED) is 0.614. The summed E-state index contributed by atoms with van der Waals surface area (Å²) in [5, 5.41) is 11.6. The van der Waals surface area contributed by atoms with Crippen LogP contribution < -0.4 is 4.90 Å². The minimum Gasteiger partial charge on any atom is -0.385 e. The van der Waals surface area contributed by atoms with Crippen LogP contribution in [0, 0.1) is 16.0 Å². The summed E-state index contributed by atoms with van der Waals surface area (Å²) in [5.74, 6) is 0.588. The maximum atomic E-state index is 10.7. The number of rotatable bonds is 5. The van der Waals surface area contributed by atoms with Crippen molar-refractivity contribution in [1.29, 1.82) is 0 Å². The molecule has 0 amide bonds. The molecule has 0 aromatic carbocycles. The van der Waals surface area contributed by atoms with Crippen molar-refractivity contribution in [2.75, 3.05) is 31.7 Å². The summed E-state index contributed by atoms with van der Waals surface area (Å²) in [6, 6.07) is 0. The number of nitrogens with zero attached hydrogens (tertiary/aromatic N) is 3. The number of hydrogen-bond acceptors (Lipinski definition) is 6. The van der Waals surface area contributed by atoms with Crippen LogP contribution in [0.3, 0.4) is 0 Å². The number of hydrogen-bond donors (Lipinski definition) is 0. The molecule has 0 N–H and O–H groups in total. The van der Waals surface area contributed by atoms with Gasteiger partial charge in [-0.05, 0) is 36.5 Å². The standard InChI is InChI=1S/C12H19N3O3S/c1-18-7-5-10-4-2-3-6-14(9-10)12-13-8-11(19-12)15(16)17/h8,10H,2-7,9H2,1H3/t10-/m0/s1. The molecule has 0 bridgehead atoms. The summed E-state index contributed by atoms with van der Waals surface area (Å²) < 4.78 is 5.14. The average Bonchev–Trinajstić information content (AvgIpc) is 2.77. The van der Waals surface area contributed by atoms with E-state index in [-0.39, 0.29) is 9.92 Å². The van der Waals surface area contributed by atoms with Crippen LogP contribution in [0.4, 0.5) is 10.1 Å². The highest BCUT2D eigenvalue weighted by atomic mass is 32.1. The third-order valence-electron chi connectivity index (χ3n) is 3.43. The van der Waals surface area contributed by atoms with Gasteiger partial charge in [-0.15, -0.1) is 0 Å². The van der Waals surface area contributed by atoms with Crippen LogP contribution in [0.1, 0.15) is 25.7 Å². The van der Waals surface area contributed by atoms with Crippen LogP contribution in [0.25, 0.3) is 0 Å². The van der Waals surface area contributed by atoms with Gasteiger partial charge in [-0.3, -0.25) is 10.1 Å². The van der Waals surface area contributed by atoms with Gasteiger partial charge in [0.25, 0.3) is 0 Å². The van der Waals surface area contributed by atoms with E-state index in [1.54, 1.807) is 7.11 Å². The van der Waals surface area contributed by atoms with Crippen molar-refractivity contribution in [2.45, 2.75) is 25.7 Å². The van der Waals surface area contributed by atoms with Crippen LogP contribution in [-0.4, -0.2) is 36.7 Å². The molecule has 7 heteroatoms. The van der Waals surface area contributed by atoms with Gasteiger partial charge in [0.15, 0.2) is 5.13 Å².